The summed E-state index contributed by atoms with van der Waals surface area (Å²) in [5.41, 5.74) is 4.86. The third kappa shape index (κ3) is 5.03. The van der Waals surface area contributed by atoms with Crippen LogP contribution in [0, 0.1) is 0 Å². The first-order valence-corrected chi connectivity index (χ1v) is 10.4. The lowest BCUT2D eigenvalue weighted by atomic mass is 9.82. The van der Waals surface area contributed by atoms with Crippen molar-refractivity contribution in [3.8, 4) is 0 Å². The van der Waals surface area contributed by atoms with Crippen molar-refractivity contribution in [2.24, 2.45) is 5.10 Å². The molecule has 3 rings (SSSR count). The molecule has 0 bridgehead atoms. The average Bonchev–Trinajstić information content (AvgIpc) is 2.87. The van der Waals surface area contributed by atoms with Gasteiger partial charge >= 0.3 is 0 Å². The summed E-state index contributed by atoms with van der Waals surface area (Å²) < 4.78 is 23.8. The maximum atomic E-state index is 9.47. The molecule has 28 heavy (non-hydrogen) atoms. The van der Waals surface area contributed by atoms with Gasteiger partial charge in [-0.05, 0) is 26.0 Å². The van der Waals surface area contributed by atoms with Crippen LogP contribution in [0.3, 0.4) is 0 Å². The summed E-state index contributed by atoms with van der Waals surface area (Å²) in [6.45, 7) is 4.50. The molecule has 0 aliphatic carbocycles. The van der Waals surface area contributed by atoms with Crippen LogP contribution >= 0.6 is 0 Å². The normalized spacial score (nSPS) is 15.2. The molecule has 7 nitrogen and oxygen atoms in total. The van der Waals surface area contributed by atoms with E-state index in [9.17, 15) is 8.42 Å². The third-order valence-corrected chi connectivity index (χ3v) is 4.79. The Bertz CT molecular complexity index is 984. The standard InChI is InChI=1S/C19H22N3.CH4O4S/c1-19(2)16-12-8-9-13-17(16)21(3)18(19)14-20-22(4)15-10-6-5-7-11-15;1-6(3,4)5-2/h5-14H,1-4H3;2H,1H3/q+1;/p-1. The number of para-hydroxylation sites is 2. The molecule has 0 atom stereocenters. The molecular formula is C20H25N3O4S. The first-order chi connectivity index (χ1) is 13.1. The van der Waals surface area contributed by atoms with Crippen LogP contribution in [0.4, 0.5) is 11.4 Å². The second kappa shape index (κ2) is 8.64. The average molecular weight is 404 g/mol. The fourth-order valence-electron chi connectivity index (χ4n) is 3.08. The number of hydrazone groups is 1. The van der Waals surface area contributed by atoms with E-state index in [1.807, 2.05) is 36.5 Å². The Kier molecular flexibility index (Phi) is 6.71. The van der Waals surface area contributed by atoms with Gasteiger partial charge in [-0.1, -0.05) is 36.4 Å². The van der Waals surface area contributed by atoms with Crippen molar-refractivity contribution in [2.45, 2.75) is 19.3 Å². The van der Waals surface area contributed by atoms with Gasteiger partial charge < -0.3 is 9.59 Å². The Morgan fingerprint density at radius 3 is 2.18 bits per heavy atom. The van der Waals surface area contributed by atoms with Gasteiger partial charge in [0.25, 0.3) is 10.1 Å². The molecule has 0 amide bonds. The molecule has 0 unspecified atom stereocenters. The molecule has 8 heteroatoms. The molecule has 0 N–H and O–H groups in total. The summed E-state index contributed by atoms with van der Waals surface area (Å²) in [5.74, 6) is 0. The minimum atomic E-state index is -3.72. The summed E-state index contributed by atoms with van der Waals surface area (Å²) >= 11 is 0. The van der Waals surface area contributed by atoms with Crippen LogP contribution in [0.1, 0.15) is 19.4 Å². The van der Waals surface area contributed by atoms with Crippen LogP contribution in [0.25, 0.3) is 0 Å². The van der Waals surface area contributed by atoms with Gasteiger partial charge in [0, 0.05) is 18.7 Å². The Morgan fingerprint density at radius 2 is 1.64 bits per heavy atom. The van der Waals surface area contributed by atoms with E-state index in [4.69, 9.17) is 5.26 Å². The Balaban J connectivity index is 0.000000409. The van der Waals surface area contributed by atoms with Gasteiger partial charge in [0.1, 0.15) is 13.3 Å². The van der Waals surface area contributed by atoms with Gasteiger partial charge in [-0.2, -0.15) is 9.68 Å². The van der Waals surface area contributed by atoms with Crippen molar-refractivity contribution < 1.29 is 22.6 Å². The molecule has 0 spiro atoms. The zero-order chi connectivity index (χ0) is 20.9. The maximum Gasteiger partial charge on any atom is 0.255 e. The van der Waals surface area contributed by atoms with Crippen molar-refractivity contribution in [2.75, 3.05) is 25.4 Å². The van der Waals surface area contributed by atoms with Crippen LogP contribution in [0.5, 0.6) is 0 Å². The van der Waals surface area contributed by atoms with E-state index in [1.54, 1.807) is 0 Å². The highest BCUT2D eigenvalue weighted by Crippen LogP contribution is 2.38. The number of anilines is 1. The van der Waals surface area contributed by atoms with Gasteiger partial charge in [-0.15, -0.1) is 0 Å². The number of hydrogen-bond donors (Lipinski definition) is 0. The lowest BCUT2D eigenvalue weighted by molar-refractivity contribution is -0.634. The van der Waals surface area contributed by atoms with Crippen molar-refractivity contribution in [3.63, 3.8) is 0 Å². The summed E-state index contributed by atoms with van der Waals surface area (Å²) in [6, 6.07) is 18.7. The zero-order valence-corrected chi connectivity index (χ0v) is 17.5. The van der Waals surface area contributed by atoms with E-state index in [0.717, 1.165) is 5.69 Å². The SMILES string of the molecule is CN(/N=C/C1=[N+](C)c2ccccc2C1(C)C)c1ccccc1.CS(=O)(=O)O[O-]. The van der Waals surface area contributed by atoms with E-state index >= 15 is 0 Å². The van der Waals surface area contributed by atoms with E-state index in [-0.39, 0.29) is 5.41 Å². The van der Waals surface area contributed by atoms with Gasteiger partial charge in [-0.3, -0.25) is 5.01 Å². The number of hydrogen-bond acceptors (Lipinski definition) is 6. The fraction of sp³-hybridized carbons (Fsp3) is 0.300. The molecule has 0 fully saturated rings. The topological polar surface area (TPSA) is 85.0 Å². The molecule has 150 valence electrons. The van der Waals surface area contributed by atoms with Crippen LogP contribution < -0.4 is 10.3 Å². The van der Waals surface area contributed by atoms with Crippen LogP contribution in [0.2, 0.25) is 0 Å². The minimum absolute atomic E-state index is 0.0353. The first kappa shape index (κ1) is 21.7. The third-order valence-electron chi connectivity index (χ3n) is 4.55. The smallest absolute Gasteiger partial charge is 0.255 e. The summed E-state index contributed by atoms with van der Waals surface area (Å²) in [5, 5.41) is 15.4. The number of nitrogens with zero attached hydrogens (tertiary/aromatic N) is 3. The first-order valence-electron chi connectivity index (χ1n) is 8.63. The van der Waals surface area contributed by atoms with E-state index in [0.29, 0.717) is 6.26 Å². The zero-order valence-electron chi connectivity index (χ0n) is 16.7. The van der Waals surface area contributed by atoms with Crippen LogP contribution in [-0.2, 0) is 19.9 Å². The van der Waals surface area contributed by atoms with Crippen molar-refractivity contribution in [1.82, 2.24) is 0 Å². The Labute approximate surface area is 166 Å². The van der Waals surface area contributed by atoms with Gasteiger partial charge in [0.05, 0.1) is 17.4 Å². The molecule has 1 heterocycles. The molecule has 0 radical (unpaired) electrons. The van der Waals surface area contributed by atoms with E-state index in [1.165, 1.54) is 17.0 Å². The predicted octanol–water partition coefficient (Wildman–Crippen LogP) is 2.05. The molecule has 1 aliphatic rings. The second-order valence-corrected chi connectivity index (χ2v) is 8.51. The van der Waals surface area contributed by atoms with Gasteiger partial charge in [-0.25, -0.2) is 8.42 Å². The fourth-order valence-corrected chi connectivity index (χ4v) is 3.08. The van der Waals surface area contributed by atoms with Crippen molar-refractivity contribution in [1.29, 1.82) is 0 Å². The summed E-state index contributed by atoms with van der Waals surface area (Å²) in [6.07, 6.45) is 2.66. The lowest BCUT2D eigenvalue weighted by Crippen LogP contribution is -2.30. The summed E-state index contributed by atoms with van der Waals surface area (Å²) in [7, 11) is 0.365. The Hall–Kier alpha value is -2.55. The minimum Gasteiger partial charge on any atom is -0.707 e. The van der Waals surface area contributed by atoms with Gasteiger partial charge in [0.15, 0.2) is 0 Å². The van der Waals surface area contributed by atoms with Gasteiger partial charge in [0.2, 0.25) is 11.4 Å². The molecule has 0 aromatic heterocycles. The maximum absolute atomic E-state index is 9.47. The monoisotopic (exact) mass is 403 g/mol. The largest absolute Gasteiger partial charge is 0.707 e. The highest BCUT2D eigenvalue weighted by molar-refractivity contribution is 7.85. The Morgan fingerprint density at radius 1 is 1.11 bits per heavy atom. The number of fused-ring (bicyclic) bond motifs is 1. The van der Waals surface area contributed by atoms with Crippen molar-refractivity contribution in [3.05, 3.63) is 60.2 Å². The highest BCUT2D eigenvalue weighted by atomic mass is 32.2. The molecule has 0 saturated carbocycles. The van der Waals surface area contributed by atoms with Crippen molar-refractivity contribution >= 4 is 33.4 Å². The quantitative estimate of drug-likeness (QED) is 0.338. The number of rotatable bonds is 4. The predicted molar refractivity (Wildman–Crippen MR) is 110 cm³/mol. The van der Waals surface area contributed by atoms with E-state index in [2.05, 4.69) is 71.3 Å². The number of benzene rings is 2. The van der Waals surface area contributed by atoms with E-state index < -0.39 is 10.1 Å². The molecule has 2 aromatic rings. The highest BCUT2D eigenvalue weighted by Gasteiger charge is 2.43. The molecule has 1 aliphatic heterocycles. The lowest BCUT2D eigenvalue weighted by Gasteiger charge is -2.16. The molecule has 0 saturated heterocycles. The summed E-state index contributed by atoms with van der Waals surface area (Å²) in [4.78, 5) is 0. The van der Waals surface area contributed by atoms with Crippen LogP contribution in [0.15, 0.2) is 59.7 Å². The van der Waals surface area contributed by atoms with Crippen LogP contribution in [-0.4, -0.2) is 45.3 Å². The second-order valence-electron chi connectivity index (χ2n) is 6.96. The molecule has 2 aromatic carbocycles. The molecular weight excluding hydrogens is 378 g/mol.